The normalized spacial score (nSPS) is 11.2. The summed E-state index contributed by atoms with van der Waals surface area (Å²) in [6, 6.07) is 81.3. The molecule has 10 aromatic rings. The lowest BCUT2D eigenvalue weighted by atomic mass is 9.97. The predicted molar refractivity (Wildman–Crippen MR) is 241 cm³/mol. The molecule has 1 heterocycles. The highest BCUT2D eigenvalue weighted by atomic mass is 32.1. The maximum atomic E-state index is 2.39. The Morgan fingerprint density at radius 2 is 0.661 bits per heavy atom. The first-order valence-corrected chi connectivity index (χ1v) is 19.9. The smallest absolute Gasteiger partial charge is 0.0540 e. The van der Waals surface area contributed by atoms with E-state index in [1.165, 1.54) is 75.8 Å². The van der Waals surface area contributed by atoms with Gasteiger partial charge in [0.05, 0.1) is 5.69 Å². The number of rotatable bonds is 8. The van der Waals surface area contributed by atoms with Crippen molar-refractivity contribution in [3.05, 3.63) is 224 Å². The Balaban J connectivity index is 1.03. The SMILES string of the molecule is c1ccc(-c2ccc(-c3ccc(N(c4ccc(-c5ccc6sc7ccccc7c6c5)cc4)c4ccccc4-c4ccc(-c5ccccc5)cc4)cc3)cc2)cc1. The van der Waals surface area contributed by atoms with Gasteiger partial charge in [-0.1, -0.05) is 176 Å². The maximum absolute atomic E-state index is 2.39. The summed E-state index contributed by atoms with van der Waals surface area (Å²) in [6.07, 6.45) is 0. The van der Waals surface area contributed by atoms with E-state index in [0.717, 1.165) is 17.1 Å². The number of para-hydroxylation sites is 1. The van der Waals surface area contributed by atoms with E-state index in [0.29, 0.717) is 0 Å². The Bertz CT molecular complexity index is 2910. The van der Waals surface area contributed by atoms with Crippen LogP contribution >= 0.6 is 11.3 Å². The van der Waals surface area contributed by atoms with Gasteiger partial charge in [-0.25, -0.2) is 0 Å². The number of hydrogen-bond donors (Lipinski definition) is 0. The average molecular weight is 732 g/mol. The second-order valence-corrected chi connectivity index (χ2v) is 15.2. The van der Waals surface area contributed by atoms with Gasteiger partial charge in [-0.05, 0) is 98.6 Å². The van der Waals surface area contributed by atoms with Crippen LogP contribution in [0, 0.1) is 0 Å². The van der Waals surface area contributed by atoms with Gasteiger partial charge in [0.15, 0.2) is 0 Å². The molecule has 56 heavy (non-hydrogen) atoms. The third-order valence-corrected chi connectivity index (χ3v) is 11.9. The van der Waals surface area contributed by atoms with Crippen molar-refractivity contribution >= 4 is 48.6 Å². The van der Waals surface area contributed by atoms with Crippen molar-refractivity contribution in [2.75, 3.05) is 4.90 Å². The molecule has 0 radical (unpaired) electrons. The fraction of sp³-hybridized carbons (Fsp3) is 0. The van der Waals surface area contributed by atoms with Gasteiger partial charge in [-0.3, -0.25) is 0 Å². The van der Waals surface area contributed by atoms with Crippen LogP contribution in [0.4, 0.5) is 17.1 Å². The number of hydrogen-bond acceptors (Lipinski definition) is 2. The molecule has 0 aliphatic carbocycles. The van der Waals surface area contributed by atoms with Crippen LogP contribution in [-0.4, -0.2) is 0 Å². The van der Waals surface area contributed by atoms with Gasteiger partial charge < -0.3 is 4.90 Å². The summed E-state index contributed by atoms with van der Waals surface area (Å²) in [5.41, 5.74) is 15.3. The minimum atomic E-state index is 1.10. The molecule has 0 spiro atoms. The Labute approximate surface area is 332 Å². The summed E-state index contributed by atoms with van der Waals surface area (Å²) in [4.78, 5) is 2.39. The van der Waals surface area contributed by atoms with Crippen LogP contribution in [-0.2, 0) is 0 Å². The number of thiophene rings is 1. The van der Waals surface area contributed by atoms with Crippen molar-refractivity contribution in [3.63, 3.8) is 0 Å². The highest BCUT2D eigenvalue weighted by Gasteiger charge is 2.18. The van der Waals surface area contributed by atoms with Gasteiger partial charge in [-0.15, -0.1) is 11.3 Å². The predicted octanol–water partition coefficient (Wildman–Crippen LogP) is 15.9. The molecule has 0 aliphatic rings. The molecule has 0 saturated carbocycles. The lowest BCUT2D eigenvalue weighted by Crippen LogP contribution is -2.11. The van der Waals surface area contributed by atoms with Crippen molar-refractivity contribution in [2.45, 2.75) is 0 Å². The Morgan fingerprint density at radius 3 is 1.23 bits per heavy atom. The molecule has 0 bridgehead atoms. The third-order valence-electron chi connectivity index (χ3n) is 10.7. The second kappa shape index (κ2) is 14.7. The molecule has 0 aliphatic heterocycles. The third kappa shape index (κ3) is 6.47. The van der Waals surface area contributed by atoms with E-state index >= 15 is 0 Å². The van der Waals surface area contributed by atoms with Gasteiger partial charge in [0.2, 0.25) is 0 Å². The number of benzene rings is 9. The number of fused-ring (bicyclic) bond motifs is 3. The van der Waals surface area contributed by atoms with Gasteiger partial charge in [0.1, 0.15) is 0 Å². The van der Waals surface area contributed by atoms with Gasteiger partial charge in [0.25, 0.3) is 0 Å². The first-order chi connectivity index (χ1) is 27.7. The monoisotopic (exact) mass is 731 g/mol. The van der Waals surface area contributed by atoms with Crippen LogP contribution < -0.4 is 4.90 Å². The Morgan fingerprint density at radius 1 is 0.268 bits per heavy atom. The lowest BCUT2D eigenvalue weighted by molar-refractivity contribution is 1.28. The molecule has 264 valence electrons. The van der Waals surface area contributed by atoms with Crippen LogP contribution in [0.1, 0.15) is 0 Å². The van der Waals surface area contributed by atoms with E-state index in [1.807, 2.05) is 11.3 Å². The van der Waals surface area contributed by atoms with E-state index in [2.05, 4.69) is 229 Å². The van der Waals surface area contributed by atoms with E-state index < -0.39 is 0 Å². The molecule has 0 fully saturated rings. The van der Waals surface area contributed by atoms with Crippen molar-refractivity contribution in [2.24, 2.45) is 0 Å². The number of anilines is 3. The summed E-state index contributed by atoms with van der Waals surface area (Å²) in [7, 11) is 0. The fourth-order valence-corrected chi connectivity index (χ4v) is 8.90. The van der Waals surface area contributed by atoms with Crippen LogP contribution in [0.25, 0.3) is 75.8 Å². The molecule has 1 aromatic heterocycles. The molecule has 0 N–H and O–H groups in total. The molecule has 0 amide bonds. The minimum Gasteiger partial charge on any atom is -0.310 e. The van der Waals surface area contributed by atoms with Crippen molar-refractivity contribution in [3.8, 4) is 55.6 Å². The first-order valence-electron chi connectivity index (χ1n) is 19.1. The maximum Gasteiger partial charge on any atom is 0.0540 e. The summed E-state index contributed by atoms with van der Waals surface area (Å²) in [5.74, 6) is 0. The van der Waals surface area contributed by atoms with E-state index in [-0.39, 0.29) is 0 Å². The van der Waals surface area contributed by atoms with Gasteiger partial charge in [-0.2, -0.15) is 0 Å². The fourth-order valence-electron chi connectivity index (χ4n) is 7.81. The van der Waals surface area contributed by atoms with Crippen LogP contribution in [0.3, 0.4) is 0 Å². The average Bonchev–Trinajstić information content (AvgIpc) is 3.66. The van der Waals surface area contributed by atoms with Crippen molar-refractivity contribution in [1.29, 1.82) is 0 Å². The highest BCUT2D eigenvalue weighted by molar-refractivity contribution is 7.25. The van der Waals surface area contributed by atoms with Gasteiger partial charge >= 0.3 is 0 Å². The summed E-state index contributed by atoms with van der Waals surface area (Å²) in [5, 5.41) is 2.64. The topological polar surface area (TPSA) is 3.24 Å². The molecule has 10 rings (SSSR count). The molecule has 0 atom stereocenters. The zero-order valence-corrected chi connectivity index (χ0v) is 31.5. The second-order valence-electron chi connectivity index (χ2n) is 14.1. The van der Waals surface area contributed by atoms with E-state index in [1.54, 1.807) is 0 Å². The summed E-state index contributed by atoms with van der Waals surface area (Å²) in [6.45, 7) is 0. The molecule has 0 unspecified atom stereocenters. The molecule has 1 nitrogen and oxygen atoms in total. The van der Waals surface area contributed by atoms with E-state index in [4.69, 9.17) is 0 Å². The Kier molecular flexibility index (Phi) is 8.79. The zero-order valence-electron chi connectivity index (χ0n) is 30.7. The molecule has 0 saturated heterocycles. The quantitative estimate of drug-likeness (QED) is 0.150. The summed E-state index contributed by atoms with van der Waals surface area (Å²) >= 11 is 1.86. The van der Waals surface area contributed by atoms with Crippen LogP contribution in [0.5, 0.6) is 0 Å². The molecule has 9 aromatic carbocycles. The number of nitrogens with zero attached hydrogens (tertiary/aromatic N) is 1. The highest BCUT2D eigenvalue weighted by Crippen LogP contribution is 2.43. The van der Waals surface area contributed by atoms with E-state index in [9.17, 15) is 0 Å². The van der Waals surface area contributed by atoms with Crippen LogP contribution in [0.15, 0.2) is 224 Å². The minimum absolute atomic E-state index is 1.10. The van der Waals surface area contributed by atoms with Crippen LogP contribution in [0.2, 0.25) is 0 Å². The first kappa shape index (κ1) is 33.6. The molecular formula is C54H37NS. The zero-order chi connectivity index (χ0) is 37.3. The van der Waals surface area contributed by atoms with Crippen molar-refractivity contribution in [1.82, 2.24) is 0 Å². The summed E-state index contributed by atoms with van der Waals surface area (Å²) < 4.78 is 2.65. The molecular weight excluding hydrogens is 695 g/mol. The van der Waals surface area contributed by atoms with Crippen molar-refractivity contribution < 1.29 is 0 Å². The largest absolute Gasteiger partial charge is 0.310 e. The Hall–Kier alpha value is -7.00. The lowest BCUT2D eigenvalue weighted by Gasteiger charge is -2.28. The van der Waals surface area contributed by atoms with Gasteiger partial charge in [0, 0.05) is 37.1 Å². The standard InChI is InChI=1S/C54H37NS/c1-3-11-38(12-4-1)40-19-21-42(22-20-40)43-27-32-47(33-28-43)55(52-17-9-7-15-49(52)45-25-23-41(24-26-45)39-13-5-2-6-14-39)48-34-29-44(30-35-48)46-31-36-54-51(37-46)50-16-8-10-18-53(50)56-54/h1-37H. The molecule has 2 heteroatoms.